The van der Waals surface area contributed by atoms with Crippen LogP contribution in [0.1, 0.15) is 5.56 Å². The molecule has 3 heterocycles. The Kier molecular flexibility index (Phi) is 3.16. The molecular formula is C16H19N3O2. The number of benzene rings is 1. The highest BCUT2D eigenvalue weighted by Gasteiger charge is 2.33. The van der Waals surface area contributed by atoms with Crippen LogP contribution in [0, 0.1) is 5.92 Å². The van der Waals surface area contributed by atoms with E-state index in [2.05, 4.69) is 39.5 Å². The van der Waals surface area contributed by atoms with E-state index < -0.39 is 0 Å². The highest BCUT2D eigenvalue weighted by molar-refractivity contribution is 5.82. The Bertz CT molecular complexity index is 666. The van der Waals surface area contributed by atoms with Crippen molar-refractivity contribution in [2.24, 2.45) is 5.92 Å². The monoisotopic (exact) mass is 285 g/mol. The van der Waals surface area contributed by atoms with Gasteiger partial charge in [0.1, 0.15) is 0 Å². The number of para-hydroxylation sites is 1. The van der Waals surface area contributed by atoms with Crippen molar-refractivity contribution in [2.45, 2.75) is 12.6 Å². The van der Waals surface area contributed by atoms with Crippen LogP contribution >= 0.6 is 0 Å². The molecule has 110 valence electrons. The summed E-state index contributed by atoms with van der Waals surface area (Å²) in [5.74, 6) is 0.0819. The van der Waals surface area contributed by atoms with Gasteiger partial charge < -0.3 is 15.0 Å². The zero-order chi connectivity index (χ0) is 14.2. The molecule has 5 nitrogen and oxygen atoms in total. The van der Waals surface area contributed by atoms with Gasteiger partial charge in [-0.1, -0.05) is 18.2 Å². The number of hydrogen-bond acceptors (Lipinski definition) is 3. The summed E-state index contributed by atoms with van der Waals surface area (Å²) in [6.07, 6.45) is 1.98. The summed E-state index contributed by atoms with van der Waals surface area (Å²) < 4.78 is 5.57. The first kappa shape index (κ1) is 12.9. The number of rotatable bonds is 2. The van der Waals surface area contributed by atoms with Crippen molar-refractivity contribution in [3.63, 3.8) is 0 Å². The van der Waals surface area contributed by atoms with E-state index in [0.717, 1.165) is 19.6 Å². The van der Waals surface area contributed by atoms with Gasteiger partial charge in [-0.3, -0.25) is 9.69 Å². The molecule has 2 aliphatic heterocycles. The van der Waals surface area contributed by atoms with Crippen LogP contribution in [0.25, 0.3) is 10.9 Å². The minimum Gasteiger partial charge on any atom is -0.378 e. The van der Waals surface area contributed by atoms with Gasteiger partial charge in [-0.15, -0.1) is 0 Å². The summed E-state index contributed by atoms with van der Waals surface area (Å²) in [4.78, 5) is 17.7. The van der Waals surface area contributed by atoms with Gasteiger partial charge in [-0.25, -0.2) is 0 Å². The number of nitrogens with zero attached hydrogens (tertiary/aromatic N) is 1. The Hall–Kier alpha value is -1.85. The lowest BCUT2D eigenvalue weighted by molar-refractivity contribution is -0.125. The molecule has 2 aliphatic rings. The number of carbonyl (C=O) groups excluding carboxylic acids is 1. The molecule has 2 bridgehead atoms. The number of aromatic nitrogens is 1. The fourth-order valence-electron chi connectivity index (χ4n) is 3.37. The molecule has 1 amide bonds. The van der Waals surface area contributed by atoms with E-state index in [-0.39, 0.29) is 17.9 Å². The quantitative estimate of drug-likeness (QED) is 0.869. The maximum absolute atomic E-state index is 12.0. The van der Waals surface area contributed by atoms with E-state index in [1.807, 2.05) is 6.20 Å². The van der Waals surface area contributed by atoms with E-state index in [4.69, 9.17) is 4.74 Å². The lowest BCUT2D eigenvalue weighted by Gasteiger charge is -2.27. The predicted octanol–water partition coefficient (Wildman–Crippen LogP) is 1.11. The number of H-pyrrole nitrogens is 1. The summed E-state index contributed by atoms with van der Waals surface area (Å²) in [6, 6.07) is 8.57. The van der Waals surface area contributed by atoms with Crippen LogP contribution in [0.3, 0.4) is 0 Å². The highest BCUT2D eigenvalue weighted by Crippen LogP contribution is 2.21. The first-order valence-corrected chi connectivity index (χ1v) is 7.45. The van der Waals surface area contributed by atoms with Crippen LogP contribution < -0.4 is 5.32 Å². The number of nitrogens with one attached hydrogen (secondary N) is 2. The Morgan fingerprint density at radius 2 is 2.19 bits per heavy atom. The fraction of sp³-hybridized carbons (Fsp3) is 0.438. The van der Waals surface area contributed by atoms with Crippen molar-refractivity contribution in [1.29, 1.82) is 0 Å². The Morgan fingerprint density at radius 1 is 1.24 bits per heavy atom. The van der Waals surface area contributed by atoms with Crippen molar-refractivity contribution in [1.82, 2.24) is 15.2 Å². The lowest BCUT2D eigenvalue weighted by Crippen LogP contribution is -2.41. The van der Waals surface area contributed by atoms with Gasteiger partial charge in [-0.05, 0) is 17.0 Å². The van der Waals surface area contributed by atoms with Crippen LogP contribution in [0.15, 0.2) is 30.5 Å². The molecule has 0 spiro atoms. The van der Waals surface area contributed by atoms with Gasteiger partial charge in [0.25, 0.3) is 0 Å². The van der Waals surface area contributed by atoms with E-state index in [1.54, 1.807) is 0 Å². The normalized spacial score (nSPS) is 26.6. The van der Waals surface area contributed by atoms with Gasteiger partial charge in [-0.2, -0.15) is 0 Å². The molecule has 2 atom stereocenters. The van der Waals surface area contributed by atoms with Gasteiger partial charge in [0.15, 0.2) is 0 Å². The second kappa shape index (κ2) is 5.16. The van der Waals surface area contributed by atoms with Crippen molar-refractivity contribution in [3.8, 4) is 0 Å². The van der Waals surface area contributed by atoms with Crippen LogP contribution in [0.5, 0.6) is 0 Å². The third kappa shape index (κ3) is 2.43. The second-order valence-electron chi connectivity index (χ2n) is 5.99. The summed E-state index contributed by atoms with van der Waals surface area (Å²) in [5, 5.41) is 4.31. The van der Waals surface area contributed by atoms with E-state index >= 15 is 0 Å². The average molecular weight is 285 g/mol. The average Bonchev–Trinajstić information content (AvgIpc) is 2.80. The molecule has 2 N–H and O–H groups in total. The molecule has 21 heavy (non-hydrogen) atoms. The van der Waals surface area contributed by atoms with Crippen LogP contribution in [0.4, 0.5) is 0 Å². The lowest BCUT2D eigenvalue weighted by atomic mass is 10.1. The van der Waals surface area contributed by atoms with Gasteiger partial charge in [0.2, 0.25) is 5.91 Å². The van der Waals surface area contributed by atoms with Crippen LogP contribution in [-0.2, 0) is 16.1 Å². The minimum atomic E-state index is -0.0552. The van der Waals surface area contributed by atoms with Gasteiger partial charge >= 0.3 is 0 Å². The van der Waals surface area contributed by atoms with E-state index in [9.17, 15) is 4.79 Å². The zero-order valence-electron chi connectivity index (χ0n) is 11.8. The Morgan fingerprint density at radius 3 is 3.14 bits per heavy atom. The molecule has 2 aromatic rings. The molecule has 1 aromatic carbocycles. The number of carbonyl (C=O) groups is 1. The molecule has 0 radical (unpaired) electrons. The molecular weight excluding hydrogens is 266 g/mol. The third-order valence-corrected chi connectivity index (χ3v) is 4.38. The molecule has 5 heteroatoms. The third-order valence-electron chi connectivity index (χ3n) is 4.38. The van der Waals surface area contributed by atoms with Gasteiger partial charge in [0.05, 0.1) is 25.2 Å². The Balaban J connectivity index is 1.59. The first-order valence-electron chi connectivity index (χ1n) is 7.45. The molecule has 2 saturated heterocycles. The zero-order valence-corrected chi connectivity index (χ0v) is 11.8. The Labute approximate surface area is 123 Å². The van der Waals surface area contributed by atoms with E-state index in [0.29, 0.717) is 13.2 Å². The topological polar surface area (TPSA) is 57.4 Å². The molecule has 2 fully saturated rings. The number of aromatic amines is 1. The van der Waals surface area contributed by atoms with Gasteiger partial charge in [0, 0.05) is 31.3 Å². The number of ether oxygens (including phenoxy) is 1. The van der Waals surface area contributed by atoms with Crippen LogP contribution in [0.2, 0.25) is 0 Å². The van der Waals surface area contributed by atoms with Crippen LogP contribution in [-0.4, -0.2) is 48.1 Å². The summed E-state index contributed by atoms with van der Waals surface area (Å²) in [6.45, 7) is 3.62. The highest BCUT2D eigenvalue weighted by atomic mass is 16.5. The summed E-state index contributed by atoms with van der Waals surface area (Å²) in [7, 11) is 0. The smallest absolute Gasteiger partial charge is 0.227 e. The molecule has 1 aromatic heterocycles. The number of hydrogen-bond donors (Lipinski definition) is 2. The SMILES string of the molecule is O=C1N[C@@H]2COC[C@H]1CN(Cc1cccc3cc[nH]c13)C2. The largest absolute Gasteiger partial charge is 0.378 e. The van der Waals surface area contributed by atoms with Crippen molar-refractivity contribution >= 4 is 16.8 Å². The minimum absolute atomic E-state index is 0.0552. The van der Waals surface area contributed by atoms with Crippen molar-refractivity contribution in [3.05, 3.63) is 36.0 Å². The molecule has 0 saturated carbocycles. The summed E-state index contributed by atoms with van der Waals surface area (Å²) >= 11 is 0. The maximum Gasteiger partial charge on any atom is 0.227 e. The molecule has 0 aliphatic carbocycles. The number of amides is 1. The first-order chi connectivity index (χ1) is 10.3. The molecule has 4 rings (SSSR count). The van der Waals surface area contributed by atoms with Crippen molar-refractivity contribution < 1.29 is 9.53 Å². The van der Waals surface area contributed by atoms with E-state index in [1.165, 1.54) is 16.5 Å². The standard InChI is InChI=1S/C16H19N3O2/c20-16-13-7-19(8-14(18-16)10-21-9-13)6-12-3-1-2-11-4-5-17-15(11)12/h1-5,13-14,17H,6-10H2,(H,18,20)/t13-,14+/m1/s1. The fourth-order valence-corrected chi connectivity index (χ4v) is 3.37. The molecule has 0 unspecified atom stereocenters. The second-order valence-corrected chi connectivity index (χ2v) is 5.99. The predicted molar refractivity (Wildman–Crippen MR) is 79.8 cm³/mol. The summed E-state index contributed by atoms with van der Waals surface area (Å²) in [5.41, 5.74) is 2.48. The van der Waals surface area contributed by atoms with Crippen molar-refractivity contribution in [2.75, 3.05) is 26.3 Å². The maximum atomic E-state index is 12.0. The number of fused-ring (bicyclic) bond motifs is 4.